The van der Waals surface area contributed by atoms with Crippen molar-refractivity contribution < 1.29 is 0 Å². The molecule has 0 saturated carbocycles. The minimum absolute atomic E-state index is 0.232. The van der Waals surface area contributed by atoms with E-state index in [1.165, 1.54) is 6.20 Å². The molecule has 0 saturated heterocycles. The van der Waals surface area contributed by atoms with Gasteiger partial charge in [0, 0.05) is 15.7 Å². The summed E-state index contributed by atoms with van der Waals surface area (Å²) in [4.78, 5) is 0. The number of benzene rings is 1. The normalized spacial score (nSPS) is 11.1. The van der Waals surface area contributed by atoms with Crippen molar-refractivity contribution in [3.05, 3.63) is 39.7 Å². The zero-order valence-electron chi connectivity index (χ0n) is 8.85. The van der Waals surface area contributed by atoms with E-state index in [1.54, 1.807) is 18.2 Å². The Morgan fingerprint density at radius 1 is 1.56 bits per heavy atom. The quantitative estimate of drug-likeness (QED) is 0.847. The molecule has 0 aliphatic rings. The number of hydrogen-bond acceptors (Lipinski definition) is 5. The maximum atomic E-state index is 8.98. The van der Waals surface area contributed by atoms with Crippen LogP contribution in [0.15, 0.2) is 28.9 Å². The summed E-state index contributed by atoms with van der Waals surface area (Å²) in [5, 5.41) is 25.7. The van der Waals surface area contributed by atoms with E-state index in [4.69, 9.17) is 16.9 Å². The minimum Gasteiger partial charge on any atom is -0.359 e. The molecule has 0 fully saturated rings. The lowest BCUT2D eigenvalue weighted by molar-refractivity contribution is 0.881. The smallest absolute Gasteiger partial charge is 0.216 e. The highest BCUT2D eigenvalue weighted by atomic mass is 79.9. The van der Waals surface area contributed by atoms with Crippen molar-refractivity contribution in [2.24, 2.45) is 0 Å². The number of hydrogen-bond donors (Lipinski definition) is 2. The van der Waals surface area contributed by atoms with Crippen LogP contribution in [-0.2, 0) is 0 Å². The molecular weight excluding hydrogens is 320 g/mol. The molecule has 0 bridgehead atoms. The van der Waals surface area contributed by atoms with Crippen LogP contribution in [0.2, 0.25) is 5.02 Å². The van der Waals surface area contributed by atoms with Crippen LogP contribution in [0.1, 0.15) is 5.82 Å². The van der Waals surface area contributed by atoms with Gasteiger partial charge in [0.15, 0.2) is 0 Å². The third kappa shape index (κ3) is 2.85. The second-order valence-electron chi connectivity index (χ2n) is 3.17. The molecule has 6 nitrogen and oxygen atoms in total. The molecule has 1 aromatic heterocycles. The molecule has 2 rings (SSSR count). The number of nitriles is 1. The molecule has 8 heteroatoms. The lowest BCUT2D eigenvalue weighted by atomic mass is 10.3. The van der Waals surface area contributed by atoms with Gasteiger partial charge >= 0.3 is 0 Å². The maximum Gasteiger partial charge on any atom is 0.216 e. The highest BCUT2D eigenvalue weighted by Gasteiger charge is 2.06. The van der Waals surface area contributed by atoms with Crippen LogP contribution in [0.25, 0.3) is 5.57 Å². The Balaban J connectivity index is 2.22. The van der Waals surface area contributed by atoms with E-state index in [0.29, 0.717) is 5.02 Å². The molecule has 0 radical (unpaired) electrons. The van der Waals surface area contributed by atoms with Gasteiger partial charge in [0.25, 0.3) is 0 Å². The van der Waals surface area contributed by atoms with E-state index in [-0.39, 0.29) is 11.4 Å². The maximum absolute atomic E-state index is 8.98. The van der Waals surface area contributed by atoms with Gasteiger partial charge in [-0.2, -0.15) is 10.5 Å². The zero-order chi connectivity index (χ0) is 13.0. The first-order valence-corrected chi connectivity index (χ1v) is 5.93. The van der Waals surface area contributed by atoms with E-state index in [1.807, 2.05) is 6.07 Å². The second kappa shape index (κ2) is 5.62. The highest BCUT2D eigenvalue weighted by molar-refractivity contribution is 9.10. The standard InChI is InChI=1S/C10H6BrClN6/c11-8-3-7(12)1-2-9(8)14-5-6(4-13)10-15-17-18-16-10/h1-3,5,14H,(H,15,16,17,18). The lowest BCUT2D eigenvalue weighted by Gasteiger charge is -2.04. The molecule has 2 aromatic rings. The van der Waals surface area contributed by atoms with Crippen molar-refractivity contribution in [3.8, 4) is 6.07 Å². The van der Waals surface area contributed by atoms with E-state index in [0.717, 1.165) is 10.2 Å². The van der Waals surface area contributed by atoms with E-state index in [9.17, 15) is 0 Å². The molecule has 18 heavy (non-hydrogen) atoms. The average Bonchev–Trinajstić information content (AvgIpc) is 2.86. The Hall–Kier alpha value is -1.91. The summed E-state index contributed by atoms with van der Waals surface area (Å²) >= 11 is 9.19. The molecule has 0 atom stereocenters. The SMILES string of the molecule is N#CC(=CNc1ccc(Cl)cc1Br)c1nn[nH]n1. The van der Waals surface area contributed by atoms with Crippen molar-refractivity contribution in [1.29, 1.82) is 5.26 Å². The number of nitrogens with one attached hydrogen (secondary N) is 2. The predicted octanol–water partition coefficient (Wildman–Crippen LogP) is 2.59. The van der Waals surface area contributed by atoms with Crippen molar-refractivity contribution in [2.45, 2.75) is 0 Å². The molecule has 0 unspecified atom stereocenters. The number of halogens is 2. The first kappa shape index (κ1) is 12.5. The molecule has 0 spiro atoms. The first-order chi connectivity index (χ1) is 8.70. The van der Waals surface area contributed by atoms with Crippen LogP contribution in [0.3, 0.4) is 0 Å². The van der Waals surface area contributed by atoms with Crippen LogP contribution in [0, 0.1) is 11.3 Å². The average molecular weight is 326 g/mol. The Morgan fingerprint density at radius 3 is 3.00 bits per heavy atom. The topological polar surface area (TPSA) is 90.3 Å². The van der Waals surface area contributed by atoms with Crippen molar-refractivity contribution in [1.82, 2.24) is 20.6 Å². The molecule has 0 aliphatic heterocycles. The Kier molecular flexibility index (Phi) is 3.92. The van der Waals surface area contributed by atoms with Gasteiger partial charge in [0.2, 0.25) is 5.82 Å². The largest absolute Gasteiger partial charge is 0.359 e. The zero-order valence-corrected chi connectivity index (χ0v) is 11.2. The van der Waals surface area contributed by atoms with Crippen LogP contribution in [0.4, 0.5) is 5.69 Å². The molecule has 1 aromatic carbocycles. The molecule has 90 valence electrons. The number of allylic oxidation sites excluding steroid dienone is 1. The fraction of sp³-hybridized carbons (Fsp3) is 0. The van der Waals surface area contributed by atoms with Crippen LogP contribution in [0.5, 0.6) is 0 Å². The molecule has 0 amide bonds. The van der Waals surface area contributed by atoms with Gasteiger partial charge in [-0.25, -0.2) is 0 Å². The van der Waals surface area contributed by atoms with E-state index >= 15 is 0 Å². The molecule has 0 aliphatic carbocycles. The third-order valence-corrected chi connectivity index (χ3v) is 2.90. The van der Waals surface area contributed by atoms with E-state index in [2.05, 4.69) is 41.9 Å². The number of aromatic nitrogens is 4. The second-order valence-corrected chi connectivity index (χ2v) is 4.46. The van der Waals surface area contributed by atoms with Gasteiger partial charge < -0.3 is 5.32 Å². The molecular formula is C10H6BrClN6. The van der Waals surface area contributed by atoms with Crippen LogP contribution in [-0.4, -0.2) is 20.6 Å². The summed E-state index contributed by atoms with van der Waals surface area (Å²) in [5.41, 5.74) is 1.04. The Morgan fingerprint density at radius 2 is 2.39 bits per heavy atom. The van der Waals surface area contributed by atoms with Crippen LogP contribution < -0.4 is 5.32 Å². The summed E-state index contributed by atoms with van der Waals surface area (Å²) in [7, 11) is 0. The van der Waals surface area contributed by atoms with Crippen molar-refractivity contribution in [3.63, 3.8) is 0 Å². The summed E-state index contributed by atoms with van der Waals surface area (Å²) in [6.07, 6.45) is 1.50. The van der Waals surface area contributed by atoms with Gasteiger partial charge in [0.1, 0.15) is 11.6 Å². The lowest BCUT2D eigenvalue weighted by Crippen LogP contribution is -1.93. The number of tetrazole rings is 1. The van der Waals surface area contributed by atoms with Crippen molar-refractivity contribution >= 4 is 38.8 Å². The minimum atomic E-state index is 0.232. The Bertz CT molecular complexity index is 616. The summed E-state index contributed by atoms with van der Waals surface area (Å²) in [6, 6.07) is 7.25. The molecule has 1 heterocycles. The number of anilines is 1. The van der Waals surface area contributed by atoms with Gasteiger partial charge in [-0.1, -0.05) is 11.6 Å². The van der Waals surface area contributed by atoms with Crippen LogP contribution >= 0.6 is 27.5 Å². The first-order valence-electron chi connectivity index (χ1n) is 4.76. The predicted molar refractivity (Wildman–Crippen MR) is 70.5 cm³/mol. The number of nitrogens with zero attached hydrogens (tertiary/aromatic N) is 4. The van der Waals surface area contributed by atoms with Gasteiger partial charge in [0.05, 0.1) is 5.69 Å². The summed E-state index contributed by atoms with van der Waals surface area (Å²) in [6.45, 7) is 0. The highest BCUT2D eigenvalue weighted by Crippen LogP contribution is 2.26. The van der Waals surface area contributed by atoms with Gasteiger partial charge in [-0.3, -0.25) is 0 Å². The number of H-pyrrole nitrogens is 1. The van der Waals surface area contributed by atoms with Gasteiger partial charge in [-0.15, -0.1) is 10.2 Å². The number of aromatic amines is 1. The monoisotopic (exact) mass is 324 g/mol. The Labute approximate surface area is 116 Å². The summed E-state index contributed by atoms with van der Waals surface area (Å²) in [5.74, 6) is 0.232. The fourth-order valence-corrected chi connectivity index (χ4v) is 1.98. The van der Waals surface area contributed by atoms with E-state index < -0.39 is 0 Å². The number of rotatable bonds is 3. The third-order valence-electron chi connectivity index (χ3n) is 2.01. The molecule has 2 N–H and O–H groups in total. The summed E-state index contributed by atoms with van der Waals surface area (Å²) < 4.78 is 0.789. The fourth-order valence-electron chi connectivity index (χ4n) is 1.18. The van der Waals surface area contributed by atoms with Crippen molar-refractivity contribution in [2.75, 3.05) is 5.32 Å². The van der Waals surface area contributed by atoms with Gasteiger partial charge in [-0.05, 0) is 39.3 Å².